The van der Waals surface area contributed by atoms with Crippen molar-refractivity contribution in [3.63, 3.8) is 0 Å². The molecule has 0 aromatic rings. The Balaban J connectivity index is 4.60. The van der Waals surface area contributed by atoms with Crippen LogP contribution in [-0.4, -0.2) is 37.2 Å². The summed E-state index contributed by atoms with van der Waals surface area (Å²) in [4.78, 5) is 38.0. The van der Waals surface area contributed by atoms with Gasteiger partial charge in [0.15, 0.2) is 6.10 Å². The van der Waals surface area contributed by atoms with Crippen molar-refractivity contribution in [2.24, 2.45) is 0 Å². The van der Waals surface area contributed by atoms with E-state index < -0.39 is 6.10 Å². The van der Waals surface area contributed by atoms with E-state index in [0.717, 1.165) is 122 Å². The Morgan fingerprint density at radius 2 is 0.600 bits per heavy atom. The average Bonchev–Trinajstić information content (AvgIpc) is 3.30. The molecule has 0 bridgehead atoms. The number of esters is 3. The molecule has 0 unspecified atom stereocenters. The van der Waals surface area contributed by atoms with Gasteiger partial charge in [-0.1, -0.05) is 180 Å². The van der Waals surface area contributed by atoms with E-state index in [0.29, 0.717) is 12.8 Å². The zero-order valence-corrected chi connectivity index (χ0v) is 41.4. The van der Waals surface area contributed by atoms with E-state index in [4.69, 9.17) is 14.2 Å². The first-order chi connectivity index (χ1) is 32.0. The predicted molar refractivity (Wildman–Crippen MR) is 279 cm³/mol. The first-order valence-corrected chi connectivity index (χ1v) is 25.7. The molecule has 6 nitrogen and oxygen atoms in total. The summed E-state index contributed by atoms with van der Waals surface area (Å²) in [6.45, 7) is 6.26. The van der Waals surface area contributed by atoms with Crippen LogP contribution >= 0.6 is 0 Å². The summed E-state index contributed by atoms with van der Waals surface area (Å²) in [5.74, 6) is -1.04. The van der Waals surface area contributed by atoms with Crippen LogP contribution < -0.4 is 0 Å². The number of rotatable bonds is 44. The fourth-order valence-corrected chi connectivity index (χ4v) is 6.31. The van der Waals surface area contributed by atoms with Crippen molar-refractivity contribution in [2.75, 3.05) is 13.2 Å². The number of carbonyl (C=O) groups excluding carboxylic acids is 3. The van der Waals surface area contributed by atoms with Gasteiger partial charge in [0.25, 0.3) is 0 Å². The van der Waals surface area contributed by atoms with Gasteiger partial charge in [0, 0.05) is 19.3 Å². The summed E-state index contributed by atoms with van der Waals surface area (Å²) < 4.78 is 16.7. The van der Waals surface area contributed by atoms with Gasteiger partial charge in [-0.25, -0.2) is 0 Å². The Morgan fingerprint density at radius 1 is 0.323 bits per heavy atom. The lowest BCUT2D eigenvalue weighted by atomic mass is 10.1. The molecule has 0 radical (unpaired) electrons. The molecule has 6 heteroatoms. The highest BCUT2D eigenvalue weighted by molar-refractivity contribution is 5.71. The second kappa shape index (κ2) is 52.2. The van der Waals surface area contributed by atoms with E-state index in [-0.39, 0.29) is 50.4 Å². The first-order valence-electron chi connectivity index (χ1n) is 25.7. The Labute approximate surface area is 398 Å². The molecule has 0 atom stereocenters. The van der Waals surface area contributed by atoms with Crippen molar-refractivity contribution in [2.45, 2.75) is 207 Å². The fraction of sp³-hybridized carbons (Fsp3) is 0.576. The molecule has 0 heterocycles. The van der Waals surface area contributed by atoms with Gasteiger partial charge in [0.2, 0.25) is 0 Å². The molecule has 0 aromatic heterocycles. The molecule has 364 valence electrons. The number of carbonyl (C=O) groups is 3. The summed E-state index contributed by atoms with van der Waals surface area (Å²) in [6.07, 6.45) is 72.9. The lowest BCUT2D eigenvalue weighted by Crippen LogP contribution is -2.30. The Morgan fingerprint density at radius 3 is 0.954 bits per heavy atom. The topological polar surface area (TPSA) is 78.9 Å². The minimum atomic E-state index is -0.829. The van der Waals surface area contributed by atoms with Crippen LogP contribution in [0.25, 0.3) is 0 Å². The van der Waals surface area contributed by atoms with Crippen LogP contribution in [0.4, 0.5) is 0 Å². The van der Waals surface area contributed by atoms with E-state index in [1.54, 1.807) is 0 Å². The quantitative estimate of drug-likeness (QED) is 0.0262. The van der Waals surface area contributed by atoms with E-state index in [2.05, 4.69) is 154 Å². The van der Waals surface area contributed by atoms with Crippen molar-refractivity contribution in [3.8, 4) is 0 Å². The monoisotopic (exact) mass is 897 g/mol. The molecule has 0 amide bonds. The second-order valence-corrected chi connectivity index (χ2v) is 16.3. The number of hydrogen-bond acceptors (Lipinski definition) is 6. The molecule has 0 aliphatic rings. The summed E-state index contributed by atoms with van der Waals surface area (Å²) in [6, 6.07) is 0. The van der Waals surface area contributed by atoms with Gasteiger partial charge in [-0.2, -0.15) is 0 Å². The van der Waals surface area contributed by atoms with Gasteiger partial charge in [0.1, 0.15) is 13.2 Å². The third-order valence-corrected chi connectivity index (χ3v) is 10.1. The first kappa shape index (κ1) is 60.5. The molecule has 0 saturated carbocycles. The highest BCUT2D eigenvalue weighted by Crippen LogP contribution is 2.11. The third kappa shape index (κ3) is 50.4. The molecular formula is C59H92O6. The molecule has 0 saturated heterocycles. The second-order valence-electron chi connectivity index (χ2n) is 16.3. The van der Waals surface area contributed by atoms with Crippen molar-refractivity contribution in [3.05, 3.63) is 134 Å². The molecule has 0 aromatic carbocycles. The summed E-state index contributed by atoms with van der Waals surface area (Å²) in [7, 11) is 0. The summed E-state index contributed by atoms with van der Waals surface area (Å²) in [5.41, 5.74) is 0. The maximum Gasteiger partial charge on any atom is 0.306 e. The molecule has 0 aliphatic carbocycles. The standard InChI is InChI=1S/C59H92O6/c1-4-7-10-13-16-19-22-25-28-29-32-35-38-41-44-47-50-53-59(62)65-56(54-63-57(60)51-48-45-42-39-36-33-30-26-23-20-17-14-11-8-5-2)55-64-58(61)52-49-46-43-40-37-34-31-27-24-21-18-15-12-9-6-3/h8-9,11-12,16-21,25-28,30-32,35-37,39-40,56H,4-7,10,13-15,22-24,29,33-34,38,41-55H2,1-3H3/b11-8-,12-9-,19-16-,20-17-,21-18-,28-25-,30-26-,31-27-,35-32-,39-36-,40-37-. The number of unbranched alkanes of at least 4 members (excludes halogenated alkanes) is 11. The molecular weight excluding hydrogens is 805 g/mol. The Hall–Kier alpha value is -4.45. The Bertz CT molecular complexity index is 1370. The van der Waals surface area contributed by atoms with Gasteiger partial charge in [-0.3, -0.25) is 14.4 Å². The van der Waals surface area contributed by atoms with Gasteiger partial charge < -0.3 is 14.2 Å². The average molecular weight is 897 g/mol. The third-order valence-electron chi connectivity index (χ3n) is 10.1. The maximum absolute atomic E-state index is 12.8. The largest absolute Gasteiger partial charge is 0.462 e. The lowest BCUT2D eigenvalue weighted by molar-refractivity contribution is -0.167. The van der Waals surface area contributed by atoms with Crippen molar-refractivity contribution in [1.82, 2.24) is 0 Å². The molecule has 0 N–H and O–H groups in total. The highest BCUT2D eigenvalue weighted by atomic mass is 16.6. The van der Waals surface area contributed by atoms with Crippen LogP contribution in [0.5, 0.6) is 0 Å². The van der Waals surface area contributed by atoms with Gasteiger partial charge in [0.05, 0.1) is 0 Å². The van der Waals surface area contributed by atoms with Crippen molar-refractivity contribution in [1.29, 1.82) is 0 Å². The molecule has 0 rings (SSSR count). The lowest BCUT2D eigenvalue weighted by Gasteiger charge is -2.18. The maximum atomic E-state index is 12.8. The SMILES string of the molecule is CC/C=C\C/C=C\C/C=C\C/C=C\CCCCC(=O)OCC(COC(=O)CCCC/C=C\C/C=C\C/C=C\C/C=C\CC)OC(=O)CCCCCC/C=C\C/C=C\C/C=C\CCCCC. The van der Waals surface area contributed by atoms with Gasteiger partial charge in [-0.05, 0) is 135 Å². The van der Waals surface area contributed by atoms with Crippen molar-refractivity contribution >= 4 is 17.9 Å². The molecule has 0 aliphatic heterocycles. The van der Waals surface area contributed by atoms with Gasteiger partial charge >= 0.3 is 17.9 Å². The van der Waals surface area contributed by atoms with E-state index in [9.17, 15) is 14.4 Å². The predicted octanol–water partition coefficient (Wildman–Crippen LogP) is 17.1. The van der Waals surface area contributed by atoms with Crippen LogP contribution in [0.15, 0.2) is 134 Å². The fourth-order valence-electron chi connectivity index (χ4n) is 6.31. The zero-order chi connectivity index (χ0) is 47.2. The Kier molecular flexibility index (Phi) is 48.6. The van der Waals surface area contributed by atoms with Crippen LogP contribution in [0.2, 0.25) is 0 Å². The van der Waals surface area contributed by atoms with Crippen LogP contribution in [0.1, 0.15) is 201 Å². The van der Waals surface area contributed by atoms with Crippen molar-refractivity contribution < 1.29 is 28.6 Å². The summed E-state index contributed by atoms with van der Waals surface area (Å²) >= 11 is 0. The number of allylic oxidation sites excluding steroid dienone is 22. The van der Waals surface area contributed by atoms with Gasteiger partial charge in [-0.15, -0.1) is 0 Å². The summed E-state index contributed by atoms with van der Waals surface area (Å²) in [5, 5.41) is 0. The van der Waals surface area contributed by atoms with E-state index in [1.807, 2.05) is 0 Å². The highest BCUT2D eigenvalue weighted by Gasteiger charge is 2.19. The number of ether oxygens (including phenoxy) is 3. The van der Waals surface area contributed by atoms with Crippen LogP contribution in [-0.2, 0) is 28.6 Å². The molecule has 0 spiro atoms. The van der Waals surface area contributed by atoms with Crippen LogP contribution in [0.3, 0.4) is 0 Å². The normalized spacial score (nSPS) is 12.8. The zero-order valence-electron chi connectivity index (χ0n) is 41.4. The minimum Gasteiger partial charge on any atom is -0.462 e. The number of hydrogen-bond donors (Lipinski definition) is 0. The van der Waals surface area contributed by atoms with E-state index >= 15 is 0 Å². The van der Waals surface area contributed by atoms with Crippen LogP contribution in [0, 0.1) is 0 Å². The molecule has 65 heavy (non-hydrogen) atoms. The minimum absolute atomic E-state index is 0.127. The molecule has 0 fully saturated rings. The van der Waals surface area contributed by atoms with E-state index in [1.165, 1.54) is 25.7 Å². The smallest absolute Gasteiger partial charge is 0.306 e.